The third-order valence-electron chi connectivity index (χ3n) is 6.45. The summed E-state index contributed by atoms with van der Waals surface area (Å²) in [5, 5.41) is 11.3. The van der Waals surface area contributed by atoms with Crippen LogP contribution < -0.4 is 5.73 Å². The van der Waals surface area contributed by atoms with E-state index in [-0.39, 0.29) is 12.8 Å². The molecule has 29 heavy (non-hydrogen) atoms. The average Bonchev–Trinajstić information content (AvgIpc) is 2.63. The Morgan fingerprint density at radius 3 is 2.31 bits per heavy atom. The van der Waals surface area contributed by atoms with Crippen molar-refractivity contribution in [3.8, 4) is 0 Å². The van der Waals surface area contributed by atoms with Crippen molar-refractivity contribution >= 4 is 57.9 Å². The van der Waals surface area contributed by atoms with Crippen molar-refractivity contribution in [2.45, 2.75) is 24.5 Å². The zero-order valence-corrected chi connectivity index (χ0v) is 18.0. The number of fused-ring (bicyclic) bond motifs is 2. The number of hydrogen-bond donors (Lipinski definition) is 2. The lowest BCUT2D eigenvalue weighted by atomic mass is 9.51. The number of aldehydes is 1. The molecule has 7 atom stereocenters. The summed E-state index contributed by atoms with van der Waals surface area (Å²) in [6.07, 6.45) is 0.764. The number of likely N-dealkylation sites (N-methyl/N-ethyl adjacent to an activating group) is 1. The Balaban J connectivity index is 2.15. The predicted molar refractivity (Wildman–Crippen MR) is 106 cm³/mol. The van der Waals surface area contributed by atoms with E-state index in [2.05, 4.69) is 0 Å². The van der Waals surface area contributed by atoms with Crippen molar-refractivity contribution in [2.24, 2.45) is 35.3 Å². The van der Waals surface area contributed by atoms with Gasteiger partial charge in [-0.25, -0.2) is 0 Å². The van der Waals surface area contributed by atoms with Crippen molar-refractivity contribution in [1.82, 2.24) is 4.90 Å². The Morgan fingerprint density at radius 1 is 1.21 bits per heavy atom. The molecule has 0 aromatic carbocycles. The maximum Gasteiger partial charge on any atom is 0.235 e. The number of halogens is 1. The zero-order valence-electron chi connectivity index (χ0n) is 15.8. The summed E-state index contributed by atoms with van der Waals surface area (Å²) in [7, 11) is 3.08. The fraction of sp³-hybridized carbons (Fsp3) is 0.579. The smallest absolute Gasteiger partial charge is 0.235 e. The van der Waals surface area contributed by atoms with Crippen molar-refractivity contribution in [1.29, 1.82) is 0 Å². The number of rotatable bonds is 3. The summed E-state index contributed by atoms with van der Waals surface area (Å²) in [4.78, 5) is 76.8. The van der Waals surface area contributed by atoms with Crippen molar-refractivity contribution in [2.75, 3.05) is 14.1 Å². The molecule has 156 valence electrons. The molecule has 0 aliphatic heterocycles. The van der Waals surface area contributed by atoms with Crippen LogP contribution in [0.5, 0.6) is 0 Å². The molecule has 3 aliphatic rings. The minimum absolute atomic E-state index is 0.0456. The normalized spacial score (nSPS) is 41.3. The molecule has 0 spiro atoms. The first kappa shape index (κ1) is 21.9. The van der Waals surface area contributed by atoms with Crippen LogP contribution in [-0.4, -0.2) is 71.1 Å². The molecule has 0 aromatic rings. The summed E-state index contributed by atoms with van der Waals surface area (Å²) in [5.41, 5.74) is 3.11. The van der Waals surface area contributed by atoms with E-state index in [0.29, 0.717) is 11.9 Å². The van der Waals surface area contributed by atoms with Gasteiger partial charge in [-0.2, -0.15) is 0 Å². The van der Waals surface area contributed by atoms with E-state index in [1.807, 2.05) is 22.6 Å². The van der Waals surface area contributed by atoms with Crippen LogP contribution in [0.2, 0.25) is 0 Å². The third kappa shape index (κ3) is 2.95. The molecule has 10 heteroatoms. The topological polar surface area (TPSA) is 152 Å². The number of aliphatic hydroxyl groups is 1. The van der Waals surface area contributed by atoms with Gasteiger partial charge in [-0.05, 0) is 42.5 Å². The second kappa shape index (κ2) is 7.47. The fourth-order valence-electron chi connectivity index (χ4n) is 5.17. The second-order valence-electron chi connectivity index (χ2n) is 8.13. The van der Waals surface area contributed by atoms with Crippen LogP contribution in [0.3, 0.4) is 0 Å². The van der Waals surface area contributed by atoms with Crippen LogP contribution in [0, 0.1) is 29.6 Å². The number of primary amides is 1. The van der Waals surface area contributed by atoms with Gasteiger partial charge in [-0.1, -0.05) is 22.6 Å². The maximum absolute atomic E-state index is 13.3. The lowest BCUT2D eigenvalue weighted by Crippen LogP contribution is -2.74. The molecule has 0 aromatic heterocycles. The van der Waals surface area contributed by atoms with E-state index in [1.54, 1.807) is 4.08 Å². The van der Waals surface area contributed by atoms with Crippen LogP contribution in [0.4, 0.5) is 0 Å². The molecule has 0 saturated heterocycles. The summed E-state index contributed by atoms with van der Waals surface area (Å²) < 4.78 is 1.62. The molecule has 0 radical (unpaired) electrons. The van der Waals surface area contributed by atoms with Gasteiger partial charge in [-0.15, -0.1) is 0 Å². The number of carbonyl (C=O) groups excluding carboxylic acids is 6. The van der Waals surface area contributed by atoms with Gasteiger partial charge in [0.1, 0.15) is 6.29 Å². The summed E-state index contributed by atoms with van der Waals surface area (Å²) >= 11 is 1.92. The van der Waals surface area contributed by atoms with Gasteiger partial charge < -0.3 is 15.6 Å². The first-order chi connectivity index (χ1) is 13.5. The summed E-state index contributed by atoms with van der Waals surface area (Å²) in [5.74, 6) is -11.1. The van der Waals surface area contributed by atoms with Crippen LogP contribution in [-0.2, 0) is 28.8 Å². The molecule has 1 amide bonds. The van der Waals surface area contributed by atoms with Crippen LogP contribution >= 0.6 is 22.6 Å². The number of Topliss-reactive ketones (excluding diaryl/α,β-unsaturated/α-hetero) is 4. The highest BCUT2D eigenvalue weighted by Crippen LogP contribution is 2.51. The van der Waals surface area contributed by atoms with Gasteiger partial charge >= 0.3 is 0 Å². The van der Waals surface area contributed by atoms with E-state index in [9.17, 15) is 33.9 Å². The number of amides is 1. The van der Waals surface area contributed by atoms with E-state index in [4.69, 9.17) is 5.73 Å². The van der Waals surface area contributed by atoms with Crippen molar-refractivity contribution < 1.29 is 33.9 Å². The minimum Gasteiger partial charge on any atom is -0.374 e. The fourth-order valence-corrected chi connectivity index (χ4v) is 5.81. The number of carbonyl (C=O) groups is 6. The van der Waals surface area contributed by atoms with Crippen LogP contribution in [0.15, 0.2) is 9.66 Å². The number of hydrogen-bond acceptors (Lipinski definition) is 8. The Bertz CT molecular complexity index is 867. The molecular formula is C19H21IN2O7. The van der Waals surface area contributed by atoms with E-state index < -0.39 is 70.3 Å². The number of nitrogens with zero attached hydrogens (tertiary/aromatic N) is 1. The summed E-state index contributed by atoms with van der Waals surface area (Å²) in [6, 6.07) is -1.09. The molecule has 9 nitrogen and oxygen atoms in total. The van der Waals surface area contributed by atoms with Gasteiger partial charge in [0.15, 0.2) is 34.7 Å². The number of ketones is 4. The molecule has 3 rings (SSSR count). The average molecular weight is 516 g/mol. The molecule has 6 unspecified atom stereocenters. The SMILES string of the molecule is CN(C)C1C(=O)C(C(N)=O)C(=O)[C@@]2(O)C(=O)C3C(=O)C(C=O)C(=CI)CC3CC12. The van der Waals surface area contributed by atoms with Gasteiger partial charge in [-0.3, -0.25) is 28.9 Å². The standard InChI is InChI=1S/C19H21IN2O7/c1-22(2)13-10-4-7-3-8(5-20)9(6-23)14(24)11(7)16(26)19(10,29)17(27)12(15(13)25)18(21)28/h5-7,9-13,29H,3-4H2,1-2H3,(H2,21,28)/t7?,9?,10?,11?,12?,13?,19-/m0/s1. The number of allylic oxidation sites excluding steroid dienone is 1. The molecule has 0 heterocycles. The molecule has 0 bridgehead atoms. The molecular weight excluding hydrogens is 495 g/mol. The highest BCUT2D eigenvalue weighted by molar-refractivity contribution is 14.1. The first-order valence-electron chi connectivity index (χ1n) is 9.10. The maximum atomic E-state index is 13.3. The second-order valence-corrected chi connectivity index (χ2v) is 8.75. The van der Waals surface area contributed by atoms with Gasteiger partial charge in [0, 0.05) is 5.92 Å². The van der Waals surface area contributed by atoms with Crippen molar-refractivity contribution in [3.05, 3.63) is 9.66 Å². The molecule has 3 saturated carbocycles. The first-order valence-corrected chi connectivity index (χ1v) is 10.4. The minimum atomic E-state index is -2.68. The molecule has 3 fully saturated rings. The predicted octanol–water partition coefficient (Wildman–Crippen LogP) is -1.17. The lowest BCUT2D eigenvalue weighted by Gasteiger charge is -2.53. The van der Waals surface area contributed by atoms with E-state index >= 15 is 0 Å². The Kier molecular flexibility index (Phi) is 5.65. The third-order valence-corrected chi connectivity index (χ3v) is 7.25. The quantitative estimate of drug-likeness (QED) is 0.271. The zero-order chi connectivity index (χ0) is 21.8. The highest BCUT2D eigenvalue weighted by atomic mass is 127. The van der Waals surface area contributed by atoms with Crippen molar-refractivity contribution in [3.63, 3.8) is 0 Å². The lowest BCUT2D eigenvalue weighted by molar-refractivity contribution is -0.183. The Labute approximate surface area is 180 Å². The Morgan fingerprint density at radius 2 is 1.83 bits per heavy atom. The van der Waals surface area contributed by atoms with Gasteiger partial charge in [0.25, 0.3) is 0 Å². The number of nitrogens with two attached hydrogens (primary N) is 1. The molecule has 3 aliphatic carbocycles. The molecule has 3 N–H and O–H groups in total. The largest absolute Gasteiger partial charge is 0.374 e. The van der Waals surface area contributed by atoms with E-state index in [1.165, 1.54) is 19.0 Å². The Hall–Kier alpha value is -1.79. The van der Waals surface area contributed by atoms with Gasteiger partial charge in [0.2, 0.25) is 5.91 Å². The monoisotopic (exact) mass is 516 g/mol. The van der Waals surface area contributed by atoms with Crippen LogP contribution in [0.25, 0.3) is 0 Å². The van der Waals surface area contributed by atoms with Crippen LogP contribution in [0.1, 0.15) is 12.8 Å². The highest BCUT2D eigenvalue weighted by Gasteiger charge is 2.69. The van der Waals surface area contributed by atoms with Gasteiger partial charge in [0.05, 0.1) is 17.9 Å². The van der Waals surface area contributed by atoms with E-state index in [0.717, 1.165) is 0 Å². The summed E-state index contributed by atoms with van der Waals surface area (Å²) in [6.45, 7) is 0.